The Morgan fingerprint density at radius 2 is 1.48 bits per heavy atom. The first-order valence-corrected chi connectivity index (χ1v) is 14.1. The second-order valence-corrected chi connectivity index (χ2v) is 12.1. The van der Waals surface area contributed by atoms with Crippen LogP contribution in [-0.2, 0) is 35.2 Å². The molecule has 230 valence electrons. The van der Waals surface area contributed by atoms with Gasteiger partial charge in [0.1, 0.15) is 23.6 Å². The first kappa shape index (κ1) is 34.3. The molecule has 1 aromatic carbocycles. The Balaban J connectivity index is 2.37. The van der Waals surface area contributed by atoms with Crippen LogP contribution in [0.15, 0.2) is 30.3 Å². The quantitative estimate of drug-likeness (QED) is 0.223. The zero-order valence-electron chi connectivity index (χ0n) is 26.5. The normalized spacial score (nSPS) is 12.2. The second-order valence-electron chi connectivity index (χ2n) is 12.1. The van der Waals surface area contributed by atoms with Crippen molar-refractivity contribution in [3.05, 3.63) is 58.3 Å². The van der Waals surface area contributed by atoms with Crippen molar-refractivity contribution in [1.82, 2.24) is 10.3 Å². The average Bonchev–Trinajstić information content (AvgIpc) is 2.87. The molecule has 1 atom stereocenters. The van der Waals surface area contributed by atoms with Gasteiger partial charge in [-0.2, -0.15) is 0 Å². The largest absolute Gasteiger partial charge is 0.461 e. The molecule has 1 N–H and O–H groups in total. The fraction of sp³-hybridized carbons (Fsp3) is 0.531. The van der Waals surface area contributed by atoms with E-state index in [0.717, 1.165) is 11.1 Å². The van der Waals surface area contributed by atoms with E-state index in [2.05, 4.69) is 5.32 Å². The van der Waals surface area contributed by atoms with E-state index in [1.807, 2.05) is 44.2 Å². The summed E-state index contributed by atoms with van der Waals surface area (Å²) in [6, 6.07) is 9.25. The molecule has 0 aliphatic heterocycles. The summed E-state index contributed by atoms with van der Waals surface area (Å²) in [5.41, 5.74) is 1.50. The van der Waals surface area contributed by atoms with Crippen LogP contribution in [0.4, 0.5) is 10.6 Å². The lowest BCUT2D eigenvalue weighted by Crippen LogP contribution is -2.40. The number of benzene rings is 1. The molecule has 10 nitrogen and oxygen atoms in total. The highest BCUT2D eigenvalue weighted by Gasteiger charge is 2.37. The Hall–Kier alpha value is -3.95. The van der Waals surface area contributed by atoms with Crippen molar-refractivity contribution in [2.45, 2.75) is 99.4 Å². The van der Waals surface area contributed by atoms with Gasteiger partial charge in [-0.15, -0.1) is 0 Å². The number of aromatic nitrogens is 1. The number of rotatable bonds is 10. The molecule has 0 spiro atoms. The molecule has 0 saturated heterocycles. The molecule has 0 saturated carbocycles. The molecule has 0 aliphatic rings. The Morgan fingerprint density at radius 3 is 2.02 bits per heavy atom. The molecule has 2 aromatic rings. The first-order valence-electron chi connectivity index (χ1n) is 14.1. The summed E-state index contributed by atoms with van der Waals surface area (Å²) in [4.78, 5) is 58.4. The van der Waals surface area contributed by atoms with E-state index in [-0.39, 0.29) is 37.6 Å². The Kier molecular flexibility index (Phi) is 11.7. The number of hydrogen-bond donors (Lipinski definition) is 1. The summed E-state index contributed by atoms with van der Waals surface area (Å²) in [6.07, 6.45) is -0.686. The maximum Gasteiger partial charge on any atom is 0.415 e. The van der Waals surface area contributed by atoms with Crippen LogP contribution in [0.1, 0.15) is 88.8 Å². The van der Waals surface area contributed by atoms with Crippen LogP contribution < -0.4 is 10.2 Å². The summed E-state index contributed by atoms with van der Waals surface area (Å²) in [6.45, 7) is 18.0. The lowest BCUT2D eigenvalue weighted by Gasteiger charge is -2.29. The van der Waals surface area contributed by atoms with Crippen LogP contribution >= 0.6 is 0 Å². The van der Waals surface area contributed by atoms with Crippen molar-refractivity contribution < 1.29 is 33.4 Å². The summed E-state index contributed by atoms with van der Waals surface area (Å²) in [7, 11) is 0. The highest BCUT2D eigenvalue weighted by atomic mass is 16.6. The number of nitrogens with one attached hydrogen (secondary N) is 1. The number of nitrogens with zero attached hydrogens (tertiary/aromatic N) is 2. The van der Waals surface area contributed by atoms with E-state index in [0.29, 0.717) is 11.1 Å². The fourth-order valence-electron chi connectivity index (χ4n) is 4.05. The Labute approximate surface area is 249 Å². The number of amides is 2. The van der Waals surface area contributed by atoms with Crippen molar-refractivity contribution in [3.63, 3.8) is 0 Å². The van der Waals surface area contributed by atoms with Gasteiger partial charge in [0.05, 0.1) is 12.1 Å². The van der Waals surface area contributed by atoms with Crippen molar-refractivity contribution in [2.75, 3.05) is 18.0 Å². The van der Waals surface area contributed by atoms with Crippen LogP contribution in [-0.4, -0.2) is 53.2 Å². The summed E-state index contributed by atoms with van der Waals surface area (Å²) in [5, 5.41) is 2.67. The van der Waals surface area contributed by atoms with Gasteiger partial charge >= 0.3 is 18.0 Å². The predicted octanol–water partition coefficient (Wildman–Crippen LogP) is 5.44. The molecule has 42 heavy (non-hydrogen) atoms. The average molecular weight is 584 g/mol. The van der Waals surface area contributed by atoms with Gasteiger partial charge < -0.3 is 19.5 Å². The molecule has 0 radical (unpaired) electrons. The number of pyridine rings is 1. The monoisotopic (exact) mass is 583 g/mol. The van der Waals surface area contributed by atoms with Gasteiger partial charge in [0.2, 0.25) is 5.91 Å². The highest BCUT2D eigenvalue weighted by Crippen LogP contribution is 2.32. The molecule has 0 aliphatic carbocycles. The Morgan fingerprint density at radius 1 is 0.881 bits per heavy atom. The van der Waals surface area contributed by atoms with E-state index in [9.17, 15) is 19.2 Å². The Bertz CT molecular complexity index is 1280. The van der Waals surface area contributed by atoms with Crippen molar-refractivity contribution in [3.8, 4) is 0 Å². The van der Waals surface area contributed by atoms with Crippen LogP contribution in [0.3, 0.4) is 0 Å². The maximum atomic E-state index is 13.5. The van der Waals surface area contributed by atoms with Gasteiger partial charge in [0.15, 0.2) is 5.92 Å². The zero-order valence-corrected chi connectivity index (χ0v) is 26.5. The highest BCUT2D eigenvalue weighted by molar-refractivity contribution is 6.03. The molecule has 1 heterocycles. The first-order chi connectivity index (χ1) is 19.4. The van der Waals surface area contributed by atoms with Gasteiger partial charge in [-0.1, -0.05) is 30.3 Å². The molecule has 1 unspecified atom stereocenters. The minimum absolute atomic E-state index is 0.0541. The fourth-order valence-corrected chi connectivity index (χ4v) is 4.05. The van der Waals surface area contributed by atoms with Gasteiger partial charge in [0, 0.05) is 13.1 Å². The summed E-state index contributed by atoms with van der Waals surface area (Å²) in [5.74, 6) is -3.12. The van der Waals surface area contributed by atoms with E-state index >= 15 is 0 Å². The number of carbonyl (C=O) groups excluding carboxylic acids is 4. The molecule has 2 rings (SSSR count). The lowest BCUT2D eigenvalue weighted by atomic mass is 9.94. The second kappa shape index (κ2) is 14.3. The van der Waals surface area contributed by atoms with Crippen molar-refractivity contribution in [1.29, 1.82) is 0 Å². The third kappa shape index (κ3) is 9.85. The topological polar surface area (TPSA) is 124 Å². The van der Waals surface area contributed by atoms with Gasteiger partial charge in [-0.25, -0.2) is 9.78 Å². The molecular formula is C32H45N3O7. The SMILES string of the molecule is CCN(C(=O)OC(C)(C)C)c1nc(C(C(=O)NCCC(=O)OCc2ccccc2)C(=O)OC(C)(C)C)c(C)c(C)c1C. The minimum Gasteiger partial charge on any atom is -0.461 e. The van der Waals surface area contributed by atoms with Gasteiger partial charge in [0.25, 0.3) is 0 Å². The molecule has 2 amide bonds. The van der Waals surface area contributed by atoms with Crippen LogP contribution in [0.2, 0.25) is 0 Å². The van der Waals surface area contributed by atoms with Crippen LogP contribution in [0, 0.1) is 20.8 Å². The molecule has 0 bridgehead atoms. The third-order valence-corrected chi connectivity index (χ3v) is 6.31. The third-order valence-electron chi connectivity index (χ3n) is 6.31. The molecule has 1 aromatic heterocycles. The number of carbonyl (C=O) groups is 4. The van der Waals surface area contributed by atoms with Gasteiger partial charge in [-0.3, -0.25) is 19.3 Å². The van der Waals surface area contributed by atoms with Crippen molar-refractivity contribution >= 4 is 29.8 Å². The van der Waals surface area contributed by atoms with Crippen LogP contribution in [0.25, 0.3) is 0 Å². The molecule has 10 heteroatoms. The van der Waals surface area contributed by atoms with Gasteiger partial charge in [-0.05, 0) is 91.5 Å². The minimum atomic E-state index is -1.44. The van der Waals surface area contributed by atoms with Crippen LogP contribution in [0.5, 0.6) is 0 Å². The van der Waals surface area contributed by atoms with E-state index < -0.39 is 41.1 Å². The zero-order chi connectivity index (χ0) is 31.8. The number of esters is 2. The number of anilines is 1. The number of hydrogen-bond acceptors (Lipinski definition) is 8. The predicted molar refractivity (Wildman–Crippen MR) is 160 cm³/mol. The number of ether oxygens (including phenoxy) is 3. The maximum absolute atomic E-state index is 13.5. The van der Waals surface area contributed by atoms with E-state index in [1.165, 1.54) is 4.90 Å². The summed E-state index contributed by atoms with van der Waals surface area (Å²) >= 11 is 0. The standard InChI is InChI=1S/C32H45N3O7/c1-11-35(30(39)42-32(8,9)10)27-22(4)20(2)21(3)26(34-27)25(29(38)41-31(5,6)7)28(37)33-18-17-24(36)40-19-23-15-13-12-14-16-23/h12-16,25H,11,17-19H2,1-10H3,(H,33,37). The lowest BCUT2D eigenvalue weighted by molar-refractivity contribution is -0.158. The van der Waals surface area contributed by atoms with Crippen molar-refractivity contribution in [2.24, 2.45) is 0 Å². The molecular weight excluding hydrogens is 538 g/mol. The van der Waals surface area contributed by atoms with E-state index in [4.69, 9.17) is 19.2 Å². The molecule has 0 fully saturated rings. The van der Waals surface area contributed by atoms with E-state index in [1.54, 1.807) is 55.4 Å². The summed E-state index contributed by atoms with van der Waals surface area (Å²) < 4.78 is 16.5. The smallest absolute Gasteiger partial charge is 0.415 e.